The summed E-state index contributed by atoms with van der Waals surface area (Å²) < 4.78 is 5.22. The molecule has 1 saturated heterocycles. The number of amides is 1. The molecular weight excluding hydrogens is 220 g/mol. The first-order valence-corrected chi connectivity index (χ1v) is 6.31. The molecule has 2 unspecified atom stereocenters. The minimum absolute atomic E-state index is 0.0946. The summed E-state index contributed by atoms with van der Waals surface area (Å²) in [6, 6.07) is -0.0946. The SMILES string of the molecule is COC1CNC(C(=O)N(C)CCCCCO)C1. The predicted octanol–water partition coefficient (Wildman–Crippen LogP) is -0.0157. The van der Waals surface area contributed by atoms with Gasteiger partial charge in [-0.3, -0.25) is 4.79 Å². The molecule has 0 aliphatic carbocycles. The molecule has 0 saturated carbocycles. The number of carbonyl (C=O) groups excluding carboxylic acids is 1. The van der Waals surface area contributed by atoms with Gasteiger partial charge >= 0.3 is 0 Å². The van der Waals surface area contributed by atoms with Gasteiger partial charge in [0.05, 0.1) is 12.1 Å². The molecule has 0 radical (unpaired) electrons. The zero-order valence-electron chi connectivity index (χ0n) is 10.8. The molecule has 0 aromatic carbocycles. The number of aliphatic hydroxyl groups is 1. The maximum absolute atomic E-state index is 12.0. The predicted molar refractivity (Wildman–Crippen MR) is 65.8 cm³/mol. The number of nitrogens with zero attached hydrogens (tertiary/aromatic N) is 1. The summed E-state index contributed by atoms with van der Waals surface area (Å²) in [6.45, 7) is 1.75. The number of rotatable bonds is 7. The van der Waals surface area contributed by atoms with E-state index in [0.717, 1.165) is 38.8 Å². The first-order chi connectivity index (χ1) is 8.19. The zero-order chi connectivity index (χ0) is 12.7. The molecule has 0 spiro atoms. The Labute approximate surface area is 103 Å². The van der Waals surface area contributed by atoms with Gasteiger partial charge in [-0.05, 0) is 25.7 Å². The smallest absolute Gasteiger partial charge is 0.239 e. The summed E-state index contributed by atoms with van der Waals surface area (Å²) in [7, 11) is 3.51. The van der Waals surface area contributed by atoms with E-state index in [2.05, 4.69) is 5.32 Å². The molecule has 1 aliphatic heterocycles. The van der Waals surface area contributed by atoms with Crippen LogP contribution in [-0.4, -0.2) is 61.9 Å². The van der Waals surface area contributed by atoms with Crippen LogP contribution < -0.4 is 5.32 Å². The van der Waals surface area contributed by atoms with Crippen molar-refractivity contribution >= 4 is 5.91 Å². The van der Waals surface area contributed by atoms with Gasteiger partial charge in [0, 0.05) is 33.9 Å². The van der Waals surface area contributed by atoms with Crippen LogP contribution in [0.4, 0.5) is 0 Å². The monoisotopic (exact) mass is 244 g/mol. The lowest BCUT2D eigenvalue weighted by Crippen LogP contribution is -2.41. The molecular formula is C12H24N2O3. The van der Waals surface area contributed by atoms with Gasteiger partial charge in [-0.15, -0.1) is 0 Å². The van der Waals surface area contributed by atoms with Crippen molar-refractivity contribution in [1.29, 1.82) is 0 Å². The second-order valence-corrected chi connectivity index (χ2v) is 4.60. The number of methoxy groups -OCH3 is 1. The number of aliphatic hydroxyl groups excluding tert-OH is 1. The van der Waals surface area contributed by atoms with Gasteiger partial charge in [0.25, 0.3) is 0 Å². The topological polar surface area (TPSA) is 61.8 Å². The van der Waals surface area contributed by atoms with Crippen molar-refractivity contribution in [3.05, 3.63) is 0 Å². The standard InChI is InChI=1S/C12H24N2O3/c1-14(6-4-3-5-7-15)12(16)11-8-10(17-2)9-13-11/h10-11,13,15H,3-9H2,1-2H3. The fraction of sp³-hybridized carbons (Fsp3) is 0.917. The quantitative estimate of drug-likeness (QED) is 0.618. The minimum Gasteiger partial charge on any atom is -0.396 e. The first kappa shape index (κ1) is 14.4. The van der Waals surface area contributed by atoms with Gasteiger partial charge in [0.15, 0.2) is 0 Å². The van der Waals surface area contributed by atoms with E-state index in [9.17, 15) is 4.79 Å². The fourth-order valence-corrected chi connectivity index (χ4v) is 2.08. The van der Waals surface area contributed by atoms with Gasteiger partial charge in [0.2, 0.25) is 5.91 Å². The highest BCUT2D eigenvalue weighted by Gasteiger charge is 2.30. The van der Waals surface area contributed by atoms with E-state index in [0.29, 0.717) is 0 Å². The van der Waals surface area contributed by atoms with Crippen molar-refractivity contribution in [3.8, 4) is 0 Å². The molecule has 100 valence electrons. The summed E-state index contributed by atoms with van der Waals surface area (Å²) in [5.74, 6) is 0.147. The van der Waals surface area contributed by atoms with E-state index in [4.69, 9.17) is 9.84 Å². The lowest BCUT2D eigenvalue weighted by atomic mass is 10.1. The van der Waals surface area contributed by atoms with Crippen LogP contribution in [0, 0.1) is 0 Å². The van der Waals surface area contributed by atoms with Crippen LogP contribution in [-0.2, 0) is 9.53 Å². The second kappa shape index (κ2) is 7.63. The number of hydrogen-bond acceptors (Lipinski definition) is 4. The molecule has 1 heterocycles. The molecule has 2 atom stereocenters. The van der Waals surface area contributed by atoms with E-state index in [1.165, 1.54) is 0 Å². The Balaban J connectivity index is 2.22. The van der Waals surface area contributed by atoms with E-state index in [-0.39, 0.29) is 24.7 Å². The summed E-state index contributed by atoms with van der Waals surface area (Å²) in [5.41, 5.74) is 0. The van der Waals surface area contributed by atoms with Crippen LogP contribution in [0.1, 0.15) is 25.7 Å². The number of nitrogens with one attached hydrogen (secondary N) is 1. The highest BCUT2D eigenvalue weighted by Crippen LogP contribution is 2.12. The van der Waals surface area contributed by atoms with Gasteiger partial charge in [-0.25, -0.2) is 0 Å². The van der Waals surface area contributed by atoms with Crippen LogP contribution in [0.3, 0.4) is 0 Å². The average Bonchev–Trinajstić information content (AvgIpc) is 2.82. The third-order valence-corrected chi connectivity index (χ3v) is 3.25. The molecule has 5 nitrogen and oxygen atoms in total. The Morgan fingerprint density at radius 2 is 2.24 bits per heavy atom. The van der Waals surface area contributed by atoms with Crippen molar-refractivity contribution in [2.45, 2.75) is 37.8 Å². The number of likely N-dealkylation sites (N-methyl/N-ethyl adjacent to an activating group) is 1. The van der Waals surface area contributed by atoms with Gasteiger partial charge in [-0.1, -0.05) is 0 Å². The normalized spacial score (nSPS) is 23.9. The number of hydrogen-bond donors (Lipinski definition) is 2. The lowest BCUT2D eigenvalue weighted by molar-refractivity contribution is -0.132. The fourth-order valence-electron chi connectivity index (χ4n) is 2.08. The second-order valence-electron chi connectivity index (χ2n) is 4.60. The Bertz CT molecular complexity index is 236. The Morgan fingerprint density at radius 1 is 1.47 bits per heavy atom. The van der Waals surface area contributed by atoms with Gasteiger partial charge < -0.3 is 20.1 Å². The van der Waals surface area contributed by atoms with Crippen LogP contribution >= 0.6 is 0 Å². The molecule has 1 aliphatic rings. The first-order valence-electron chi connectivity index (χ1n) is 6.31. The average molecular weight is 244 g/mol. The molecule has 0 aromatic rings. The summed E-state index contributed by atoms with van der Waals surface area (Å²) in [6.07, 6.45) is 3.65. The van der Waals surface area contributed by atoms with Crippen molar-refractivity contribution in [2.75, 3.05) is 33.9 Å². The molecule has 1 rings (SSSR count). The highest BCUT2D eigenvalue weighted by atomic mass is 16.5. The van der Waals surface area contributed by atoms with Crippen molar-refractivity contribution in [2.24, 2.45) is 0 Å². The van der Waals surface area contributed by atoms with E-state index >= 15 is 0 Å². The number of unbranched alkanes of at least 4 members (excludes halogenated alkanes) is 2. The molecule has 1 fully saturated rings. The summed E-state index contributed by atoms with van der Waals surface area (Å²) in [4.78, 5) is 13.8. The third-order valence-electron chi connectivity index (χ3n) is 3.25. The van der Waals surface area contributed by atoms with Crippen molar-refractivity contribution in [3.63, 3.8) is 0 Å². The third kappa shape index (κ3) is 4.61. The maximum atomic E-state index is 12.0. The Kier molecular flexibility index (Phi) is 6.47. The lowest BCUT2D eigenvalue weighted by Gasteiger charge is -2.21. The van der Waals surface area contributed by atoms with Crippen LogP contribution in [0.25, 0.3) is 0 Å². The van der Waals surface area contributed by atoms with Crippen molar-refractivity contribution in [1.82, 2.24) is 10.2 Å². The molecule has 17 heavy (non-hydrogen) atoms. The van der Waals surface area contributed by atoms with Crippen LogP contribution in [0.15, 0.2) is 0 Å². The van der Waals surface area contributed by atoms with E-state index < -0.39 is 0 Å². The van der Waals surface area contributed by atoms with Gasteiger partial charge in [0.1, 0.15) is 0 Å². The van der Waals surface area contributed by atoms with Crippen molar-refractivity contribution < 1.29 is 14.6 Å². The summed E-state index contributed by atoms with van der Waals surface area (Å²) in [5, 5.41) is 11.8. The van der Waals surface area contributed by atoms with Crippen LogP contribution in [0.2, 0.25) is 0 Å². The Hall–Kier alpha value is -0.650. The molecule has 1 amide bonds. The zero-order valence-corrected chi connectivity index (χ0v) is 10.8. The molecule has 5 heteroatoms. The van der Waals surface area contributed by atoms with Crippen LogP contribution in [0.5, 0.6) is 0 Å². The minimum atomic E-state index is -0.0946. The maximum Gasteiger partial charge on any atom is 0.239 e. The summed E-state index contributed by atoms with van der Waals surface area (Å²) >= 11 is 0. The molecule has 0 aromatic heterocycles. The molecule has 0 bridgehead atoms. The van der Waals surface area contributed by atoms with Gasteiger partial charge in [-0.2, -0.15) is 0 Å². The highest BCUT2D eigenvalue weighted by molar-refractivity contribution is 5.82. The Morgan fingerprint density at radius 3 is 2.82 bits per heavy atom. The number of ether oxygens (including phenoxy) is 1. The van der Waals surface area contributed by atoms with E-state index in [1.807, 2.05) is 7.05 Å². The number of carbonyl (C=O) groups is 1. The van der Waals surface area contributed by atoms with E-state index in [1.54, 1.807) is 12.0 Å². The largest absolute Gasteiger partial charge is 0.396 e. The molecule has 2 N–H and O–H groups in total.